The van der Waals surface area contributed by atoms with Gasteiger partial charge < -0.3 is 0 Å². The third-order valence-corrected chi connectivity index (χ3v) is 6.11. The van der Waals surface area contributed by atoms with Crippen LogP contribution in [0.1, 0.15) is 19.4 Å². The molecule has 0 unspecified atom stereocenters. The molecule has 1 heterocycles. The van der Waals surface area contributed by atoms with Gasteiger partial charge in [-0.25, -0.2) is 4.68 Å². The summed E-state index contributed by atoms with van der Waals surface area (Å²) in [6.07, 6.45) is 0. The summed E-state index contributed by atoms with van der Waals surface area (Å²) >= 11 is 19.6. The lowest BCUT2D eigenvalue weighted by atomic mass is 10.1. The zero-order valence-corrected chi connectivity index (χ0v) is 19.7. The van der Waals surface area contributed by atoms with E-state index in [1.54, 1.807) is 29.8 Å². The number of nitro groups is 1. The zero-order valence-electron chi connectivity index (χ0n) is 16.6. The van der Waals surface area contributed by atoms with Gasteiger partial charge in [-0.3, -0.25) is 15.1 Å². The van der Waals surface area contributed by atoms with E-state index < -0.39 is 4.92 Å². The number of hydrogen-bond acceptors (Lipinski definition) is 5. The number of nitro benzene ring substituents is 1. The van der Waals surface area contributed by atoms with Crippen molar-refractivity contribution in [3.63, 3.8) is 0 Å². The van der Waals surface area contributed by atoms with E-state index in [9.17, 15) is 10.1 Å². The molecule has 10 heteroatoms. The molecule has 0 radical (unpaired) electrons. The van der Waals surface area contributed by atoms with Crippen molar-refractivity contribution in [1.82, 2.24) is 4.68 Å². The van der Waals surface area contributed by atoms with Gasteiger partial charge in [-0.15, -0.1) is 11.3 Å². The molecular formula is C21H17Cl3N4O2S. The van der Waals surface area contributed by atoms with Crippen LogP contribution in [0.2, 0.25) is 15.1 Å². The summed E-state index contributed by atoms with van der Waals surface area (Å²) in [7, 11) is 0. The molecule has 0 aliphatic rings. The van der Waals surface area contributed by atoms with Crippen molar-refractivity contribution in [2.45, 2.75) is 13.8 Å². The van der Waals surface area contributed by atoms with Gasteiger partial charge in [0.05, 0.1) is 32.9 Å². The van der Waals surface area contributed by atoms with E-state index in [2.05, 4.69) is 11.6 Å². The van der Waals surface area contributed by atoms with Crippen LogP contribution in [0.25, 0.3) is 11.3 Å². The summed E-state index contributed by atoms with van der Waals surface area (Å²) in [6, 6.07) is 9.88. The number of halogens is 3. The third-order valence-electron chi connectivity index (χ3n) is 4.20. The summed E-state index contributed by atoms with van der Waals surface area (Å²) < 4.78 is 1.68. The average molecular weight is 496 g/mol. The van der Waals surface area contributed by atoms with E-state index >= 15 is 0 Å². The van der Waals surface area contributed by atoms with Crippen molar-refractivity contribution in [1.29, 1.82) is 0 Å². The molecule has 0 amide bonds. The Morgan fingerprint density at radius 3 is 2.48 bits per heavy atom. The molecule has 160 valence electrons. The molecule has 6 nitrogen and oxygen atoms in total. The number of aromatic nitrogens is 1. The molecule has 0 atom stereocenters. The fraction of sp³-hybridized carbons (Fsp3) is 0.143. The number of thiazole rings is 1. The van der Waals surface area contributed by atoms with Crippen molar-refractivity contribution in [2.75, 3.05) is 6.54 Å². The number of hydrogen-bond donors (Lipinski definition) is 0. The molecule has 1 aromatic heterocycles. The second-order valence-corrected chi connectivity index (χ2v) is 8.78. The highest BCUT2D eigenvalue weighted by Crippen LogP contribution is 2.29. The van der Waals surface area contributed by atoms with Gasteiger partial charge in [0, 0.05) is 22.6 Å². The second kappa shape index (κ2) is 9.78. The Morgan fingerprint density at radius 2 is 1.84 bits per heavy atom. The predicted octanol–water partition coefficient (Wildman–Crippen LogP) is 6.83. The first kappa shape index (κ1) is 23.2. The summed E-state index contributed by atoms with van der Waals surface area (Å²) in [5, 5.41) is 18.8. The van der Waals surface area contributed by atoms with Crippen LogP contribution >= 0.6 is 46.1 Å². The van der Waals surface area contributed by atoms with Crippen LogP contribution in [-0.4, -0.2) is 21.9 Å². The molecule has 0 aliphatic carbocycles. The van der Waals surface area contributed by atoms with Crippen molar-refractivity contribution in [3.8, 4) is 11.3 Å². The molecule has 3 aromatic rings. The van der Waals surface area contributed by atoms with E-state index in [0.29, 0.717) is 32.7 Å². The zero-order chi connectivity index (χ0) is 22.7. The standard InChI is InChI=1S/C21H17Cl3N4O2S/c1-12(2)10-25-21-27(20(11-31-21)15-5-6-16(22)18(24)8-15)26-13(3)14-4-7-17(23)19(9-14)28(29)30/h4-9,11H,1,10H2,2-3H3. The lowest BCUT2D eigenvalue weighted by Crippen LogP contribution is -2.15. The van der Waals surface area contributed by atoms with E-state index in [-0.39, 0.29) is 10.7 Å². The summed E-state index contributed by atoms with van der Waals surface area (Å²) in [4.78, 5) is 16.0. The smallest absolute Gasteiger partial charge is 0.258 e. The Hall–Kier alpha value is -2.45. The van der Waals surface area contributed by atoms with Crippen molar-refractivity contribution in [3.05, 3.63) is 89.5 Å². The van der Waals surface area contributed by atoms with Crippen LogP contribution in [0.3, 0.4) is 0 Å². The van der Waals surface area contributed by atoms with Gasteiger partial charge >= 0.3 is 0 Å². The maximum atomic E-state index is 11.2. The van der Waals surface area contributed by atoms with Crippen LogP contribution in [0.5, 0.6) is 0 Å². The first-order chi connectivity index (χ1) is 14.7. The summed E-state index contributed by atoms with van der Waals surface area (Å²) in [6.45, 7) is 7.99. The maximum absolute atomic E-state index is 11.2. The molecule has 2 aromatic carbocycles. The largest absolute Gasteiger partial charge is 0.288 e. The molecule has 0 fully saturated rings. The average Bonchev–Trinajstić information content (AvgIpc) is 3.11. The molecule has 0 N–H and O–H groups in total. The minimum absolute atomic E-state index is 0.0679. The van der Waals surface area contributed by atoms with Crippen LogP contribution < -0.4 is 4.80 Å². The van der Waals surface area contributed by atoms with E-state index in [1.165, 1.54) is 23.5 Å². The predicted molar refractivity (Wildman–Crippen MR) is 129 cm³/mol. The number of rotatable bonds is 6. The van der Waals surface area contributed by atoms with Crippen LogP contribution in [0.15, 0.2) is 64.0 Å². The normalized spacial score (nSPS) is 12.3. The highest BCUT2D eigenvalue weighted by molar-refractivity contribution is 7.07. The minimum Gasteiger partial charge on any atom is -0.258 e. The quantitative estimate of drug-likeness (QED) is 0.163. The van der Waals surface area contributed by atoms with Gasteiger partial charge in [0.2, 0.25) is 4.80 Å². The molecule has 0 saturated carbocycles. The highest BCUT2D eigenvalue weighted by Gasteiger charge is 2.15. The summed E-state index contributed by atoms with van der Waals surface area (Å²) in [5.41, 5.74) is 3.41. The molecule has 0 bridgehead atoms. The maximum Gasteiger partial charge on any atom is 0.288 e. The minimum atomic E-state index is -0.522. The Bertz CT molecular complexity index is 1280. The molecule has 31 heavy (non-hydrogen) atoms. The molecule has 0 spiro atoms. The van der Waals surface area contributed by atoms with Crippen LogP contribution in [0.4, 0.5) is 5.69 Å². The Morgan fingerprint density at radius 1 is 1.13 bits per heavy atom. The Kier molecular flexibility index (Phi) is 7.33. The van der Waals surface area contributed by atoms with Gasteiger partial charge in [0.15, 0.2) is 0 Å². The molecule has 0 aliphatic heterocycles. The first-order valence-electron chi connectivity index (χ1n) is 8.98. The fourth-order valence-corrected chi connectivity index (χ4v) is 3.96. The molecule has 0 saturated heterocycles. The van der Waals surface area contributed by atoms with Gasteiger partial charge in [-0.1, -0.05) is 59.1 Å². The first-order valence-corrected chi connectivity index (χ1v) is 11.0. The molecule has 3 rings (SSSR count). The third kappa shape index (κ3) is 5.43. The second-order valence-electron chi connectivity index (χ2n) is 6.73. The van der Waals surface area contributed by atoms with Gasteiger partial charge in [0.25, 0.3) is 5.69 Å². The monoisotopic (exact) mass is 494 g/mol. The highest BCUT2D eigenvalue weighted by atomic mass is 35.5. The number of benzene rings is 2. The van der Waals surface area contributed by atoms with E-state index in [4.69, 9.17) is 39.9 Å². The Balaban J connectivity index is 2.18. The van der Waals surface area contributed by atoms with Gasteiger partial charge in [-0.2, -0.15) is 5.10 Å². The van der Waals surface area contributed by atoms with Crippen molar-refractivity contribution < 1.29 is 4.92 Å². The van der Waals surface area contributed by atoms with Crippen molar-refractivity contribution >= 4 is 57.5 Å². The van der Waals surface area contributed by atoms with Gasteiger partial charge in [-0.05, 0) is 32.0 Å². The fourth-order valence-electron chi connectivity index (χ4n) is 2.65. The van der Waals surface area contributed by atoms with Crippen LogP contribution in [0, 0.1) is 10.1 Å². The Labute approximate surface area is 197 Å². The topological polar surface area (TPSA) is 72.8 Å². The number of nitrogens with zero attached hydrogens (tertiary/aromatic N) is 4. The van der Waals surface area contributed by atoms with Crippen molar-refractivity contribution in [2.24, 2.45) is 10.1 Å². The summed E-state index contributed by atoms with van der Waals surface area (Å²) in [5.74, 6) is 0. The van der Waals surface area contributed by atoms with Crippen LogP contribution in [-0.2, 0) is 0 Å². The lowest BCUT2D eigenvalue weighted by molar-refractivity contribution is -0.384. The lowest BCUT2D eigenvalue weighted by Gasteiger charge is -2.08. The molecular weight excluding hydrogens is 479 g/mol. The SMILES string of the molecule is C=C(C)CN=c1scc(-c2ccc(Cl)c(Cl)c2)n1N=C(C)c1ccc(Cl)c([N+](=O)[O-])c1. The van der Waals surface area contributed by atoms with E-state index in [1.807, 2.05) is 18.4 Å². The van der Waals surface area contributed by atoms with E-state index in [0.717, 1.165) is 16.8 Å². The van der Waals surface area contributed by atoms with Gasteiger partial charge in [0.1, 0.15) is 5.02 Å².